The van der Waals surface area contributed by atoms with E-state index in [4.69, 9.17) is 4.74 Å². The number of hydrogen-bond donors (Lipinski definition) is 1. The lowest BCUT2D eigenvalue weighted by molar-refractivity contribution is -0.166. The smallest absolute Gasteiger partial charge is 0.271 e. The molecule has 0 aromatic heterocycles. The van der Waals surface area contributed by atoms with E-state index in [1.807, 2.05) is 53.5 Å². The van der Waals surface area contributed by atoms with Gasteiger partial charge in [-0.15, -0.1) is 0 Å². The van der Waals surface area contributed by atoms with Gasteiger partial charge in [0.15, 0.2) is 0 Å². The van der Waals surface area contributed by atoms with Crippen molar-refractivity contribution in [1.82, 2.24) is 10.0 Å². The van der Waals surface area contributed by atoms with Gasteiger partial charge in [-0.25, -0.2) is 10.0 Å². The molecule has 4 rings (SSSR count). The molecule has 2 aromatic rings. The summed E-state index contributed by atoms with van der Waals surface area (Å²) >= 11 is 0. The second kappa shape index (κ2) is 6.26. The Morgan fingerprint density at radius 3 is 2.64 bits per heavy atom. The van der Waals surface area contributed by atoms with Crippen molar-refractivity contribution in [2.24, 2.45) is 0 Å². The fraction of sp³-hybridized carbons (Fsp3) is 0.350. The van der Waals surface area contributed by atoms with Crippen LogP contribution < -0.4 is 0 Å². The number of benzene rings is 2. The molecule has 1 amide bonds. The maximum atomic E-state index is 13.2. The lowest BCUT2D eigenvalue weighted by atomic mass is 9.94. The van der Waals surface area contributed by atoms with Gasteiger partial charge >= 0.3 is 0 Å². The molecule has 25 heavy (non-hydrogen) atoms. The number of aliphatic hydroxyl groups is 1. The molecule has 2 aromatic carbocycles. The number of carbonyl (C=O) groups is 1. The highest BCUT2D eigenvalue weighted by atomic mass is 16.5. The zero-order valence-corrected chi connectivity index (χ0v) is 14.3. The molecule has 0 saturated carbocycles. The molecule has 2 aliphatic rings. The van der Waals surface area contributed by atoms with Gasteiger partial charge in [-0.2, -0.15) is 0 Å². The maximum Gasteiger partial charge on any atom is 0.271 e. The Balaban J connectivity index is 1.86. The predicted octanol–water partition coefficient (Wildman–Crippen LogP) is 2.36. The van der Waals surface area contributed by atoms with Crippen molar-refractivity contribution < 1.29 is 14.6 Å². The largest absolute Gasteiger partial charge is 0.383 e. The van der Waals surface area contributed by atoms with Crippen LogP contribution in [0.15, 0.2) is 54.6 Å². The van der Waals surface area contributed by atoms with Crippen LogP contribution in [0.1, 0.15) is 34.3 Å². The van der Waals surface area contributed by atoms with E-state index in [1.54, 1.807) is 18.2 Å². The first kappa shape index (κ1) is 16.3. The summed E-state index contributed by atoms with van der Waals surface area (Å²) in [4.78, 5) is 13.2. The van der Waals surface area contributed by atoms with Gasteiger partial charge in [0.05, 0.1) is 12.6 Å². The van der Waals surface area contributed by atoms with Crippen LogP contribution in [0.3, 0.4) is 0 Å². The van der Waals surface area contributed by atoms with Crippen LogP contribution in [-0.4, -0.2) is 47.3 Å². The summed E-state index contributed by atoms with van der Waals surface area (Å²) in [7, 11) is 1.67. The molecular formula is C20H22N2O3. The number of carbonyl (C=O) groups excluding carboxylic acids is 1. The van der Waals surface area contributed by atoms with Crippen molar-refractivity contribution in [3.63, 3.8) is 0 Å². The molecule has 0 bridgehead atoms. The molecule has 2 heterocycles. The number of nitrogens with zero attached hydrogens (tertiary/aromatic N) is 2. The molecule has 130 valence electrons. The van der Waals surface area contributed by atoms with Crippen molar-refractivity contribution in [1.29, 1.82) is 0 Å². The molecule has 1 fully saturated rings. The first-order valence-corrected chi connectivity index (χ1v) is 8.65. The summed E-state index contributed by atoms with van der Waals surface area (Å²) in [6, 6.07) is 16.8. The number of methoxy groups -OCH3 is 1. The SMILES string of the molecule is COC[C@@H]1CCCN1N1C(=O)c2ccccc2C1(O)c1ccccc1. The average molecular weight is 338 g/mol. The van der Waals surface area contributed by atoms with E-state index >= 15 is 0 Å². The second-order valence-electron chi connectivity index (χ2n) is 6.62. The highest BCUT2D eigenvalue weighted by molar-refractivity contribution is 6.00. The average Bonchev–Trinajstić information content (AvgIpc) is 3.18. The Kier molecular flexibility index (Phi) is 4.07. The second-order valence-corrected chi connectivity index (χ2v) is 6.62. The number of ether oxygens (including phenoxy) is 1. The number of fused-ring (bicyclic) bond motifs is 1. The summed E-state index contributed by atoms with van der Waals surface area (Å²) < 4.78 is 5.34. The van der Waals surface area contributed by atoms with Crippen LogP contribution in [0, 0.1) is 0 Å². The van der Waals surface area contributed by atoms with Crippen LogP contribution in [0.4, 0.5) is 0 Å². The molecule has 0 aliphatic carbocycles. The fourth-order valence-corrected chi connectivity index (χ4v) is 4.05. The van der Waals surface area contributed by atoms with Crippen molar-refractivity contribution in [3.05, 3.63) is 71.3 Å². The maximum absolute atomic E-state index is 13.2. The van der Waals surface area contributed by atoms with Gasteiger partial charge in [0.1, 0.15) is 0 Å². The lowest BCUT2D eigenvalue weighted by Crippen LogP contribution is -2.57. The Morgan fingerprint density at radius 2 is 1.88 bits per heavy atom. The topological polar surface area (TPSA) is 53.0 Å². The van der Waals surface area contributed by atoms with E-state index in [-0.39, 0.29) is 11.9 Å². The van der Waals surface area contributed by atoms with Gasteiger partial charge < -0.3 is 9.84 Å². The first-order chi connectivity index (χ1) is 12.2. The van der Waals surface area contributed by atoms with Crippen molar-refractivity contribution in [2.45, 2.75) is 24.6 Å². The molecule has 0 spiro atoms. The standard InChI is InChI=1S/C20H22N2O3/c1-25-14-16-10-7-13-21(16)22-19(23)17-11-5-6-12-18(17)20(22,24)15-8-3-2-4-9-15/h2-6,8-9,11-12,16,24H,7,10,13-14H2,1H3/t16-,20?/m0/s1. The van der Waals surface area contributed by atoms with Crippen molar-refractivity contribution in [2.75, 3.05) is 20.3 Å². The van der Waals surface area contributed by atoms with E-state index in [0.717, 1.165) is 19.4 Å². The van der Waals surface area contributed by atoms with Crippen LogP contribution in [0.5, 0.6) is 0 Å². The molecule has 1 unspecified atom stereocenters. The summed E-state index contributed by atoms with van der Waals surface area (Å²) in [5.74, 6) is -0.162. The van der Waals surface area contributed by atoms with Crippen LogP contribution >= 0.6 is 0 Å². The zero-order valence-electron chi connectivity index (χ0n) is 14.3. The van der Waals surface area contributed by atoms with Gasteiger partial charge in [0.2, 0.25) is 5.72 Å². The monoisotopic (exact) mass is 338 g/mol. The Labute approximate surface area is 147 Å². The molecular weight excluding hydrogens is 316 g/mol. The minimum Gasteiger partial charge on any atom is -0.383 e. The molecule has 2 aliphatic heterocycles. The number of rotatable bonds is 4. The highest BCUT2D eigenvalue weighted by Gasteiger charge is 2.54. The molecule has 5 nitrogen and oxygen atoms in total. The van der Waals surface area contributed by atoms with Gasteiger partial charge in [-0.3, -0.25) is 4.79 Å². The zero-order chi connectivity index (χ0) is 17.4. The Morgan fingerprint density at radius 1 is 1.16 bits per heavy atom. The molecule has 0 radical (unpaired) electrons. The Hall–Kier alpha value is -2.21. The molecule has 1 N–H and O–H groups in total. The van der Waals surface area contributed by atoms with E-state index in [9.17, 15) is 9.90 Å². The van der Waals surface area contributed by atoms with Crippen molar-refractivity contribution >= 4 is 5.91 Å². The predicted molar refractivity (Wildman–Crippen MR) is 93.7 cm³/mol. The van der Waals surface area contributed by atoms with Gasteiger partial charge in [-0.1, -0.05) is 48.5 Å². The number of hydrazine groups is 1. The van der Waals surface area contributed by atoms with Gasteiger partial charge in [0.25, 0.3) is 5.91 Å². The van der Waals surface area contributed by atoms with Crippen LogP contribution in [0.25, 0.3) is 0 Å². The highest BCUT2D eigenvalue weighted by Crippen LogP contribution is 2.44. The van der Waals surface area contributed by atoms with E-state index in [2.05, 4.69) is 0 Å². The molecule has 1 saturated heterocycles. The van der Waals surface area contributed by atoms with Crippen LogP contribution in [-0.2, 0) is 10.5 Å². The summed E-state index contributed by atoms with van der Waals surface area (Å²) in [6.45, 7) is 1.26. The minimum absolute atomic E-state index is 0.0819. The quantitative estimate of drug-likeness (QED) is 0.930. The molecule has 5 heteroatoms. The van der Waals surface area contributed by atoms with E-state index in [1.165, 1.54) is 0 Å². The first-order valence-electron chi connectivity index (χ1n) is 8.65. The lowest BCUT2D eigenvalue weighted by Gasteiger charge is -2.42. The number of amides is 1. The van der Waals surface area contributed by atoms with E-state index in [0.29, 0.717) is 23.3 Å². The molecule has 2 atom stereocenters. The number of hydrogen-bond acceptors (Lipinski definition) is 4. The third-order valence-electron chi connectivity index (χ3n) is 5.17. The third-order valence-corrected chi connectivity index (χ3v) is 5.17. The minimum atomic E-state index is -1.49. The summed E-state index contributed by atoms with van der Waals surface area (Å²) in [6.07, 6.45) is 1.91. The summed E-state index contributed by atoms with van der Waals surface area (Å²) in [5.41, 5.74) is 0.383. The fourth-order valence-electron chi connectivity index (χ4n) is 4.05. The third kappa shape index (κ3) is 2.39. The Bertz CT molecular complexity index is 780. The summed E-state index contributed by atoms with van der Waals surface area (Å²) in [5, 5.41) is 15.3. The van der Waals surface area contributed by atoms with Crippen LogP contribution in [0.2, 0.25) is 0 Å². The normalized spacial score (nSPS) is 26.2. The van der Waals surface area contributed by atoms with Gasteiger partial charge in [-0.05, 0) is 18.9 Å². The van der Waals surface area contributed by atoms with E-state index < -0.39 is 5.72 Å². The van der Waals surface area contributed by atoms with Gasteiger partial charge in [0, 0.05) is 30.3 Å². The van der Waals surface area contributed by atoms with Crippen molar-refractivity contribution in [3.8, 4) is 0 Å².